The molecule has 1 amide bonds. The van der Waals surface area contributed by atoms with Crippen LogP contribution in [0.1, 0.15) is 24.0 Å². The van der Waals surface area contributed by atoms with E-state index in [0.29, 0.717) is 30.0 Å². The smallest absolute Gasteiger partial charge is 0.240 e. The Labute approximate surface area is 165 Å². The van der Waals surface area contributed by atoms with Crippen LogP contribution in [0.25, 0.3) is 0 Å². The standard InChI is InChI=1S/C20H24N2O5S/c1-14-11-17(8-9-18(14)22-10-4-5-20(22)23)28(24,25)21-13-15-6-7-16(26-2)12-19(15)27-3/h6-9,11-12,21H,4-5,10,13H2,1-3H3. The minimum atomic E-state index is -3.72. The number of carbonyl (C=O) groups excluding carboxylic acids is 1. The average molecular weight is 404 g/mol. The molecule has 0 saturated carbocycles. The zero-order valence-corrected chi connectivity index (χ0v) is 17.0. The Bertz CT molecular complexity index is 988. The number of amides is 1. The highest BCUT2D eigenvalue weighted by Crippen LogP contribution is 2.28. The Hall–Kier alpha value is -2.58. The van der Waals surface area contributed by atoms with Crippen LogP contribution in [0.2, 0.25) is 0 Å². The molecule has 0 bridgehead atoms. The van der Waals surface area contributed by atoms with E-state index in [0.717, 1.165) is 17.7 Å². The third-order valence-electron chi connectivity index (χ3n) is 4.79. The lowest BCUT2D eigenvalue weighted by Gasteiger charge is -2.19. The van der Waals surface area contributed by atoms with E-state index < -0.39 is 10.0 Å². The first-order chi connectivity index (χ1) is 13.4. The Morgan fingerprint density at radius 3 is 2.50 bits per heavy atom. The van der Waals surface area contributed by atoms with Crippen LogP contribution in [0.4, 0.5) is 5.69 Å². The van der Waals surface area contributed by atoms with Gasteiger partial charge < -0.3 is 14.4 Å². The van der Waals surface area contributed by atoms with Gasteiger partial charge in [0.05, 0.1) is 19.1 Å². The van der Waals surface area contributed by atoms with Gasteiger partial charge in [-0.15, -0.1) is 0 Å². The van der Waals surface area contributed by atoms with Crippen molar-refractivity contribution in [3.8, 4) is 11.5 Å². The van der Waals surface area contributed by atoms with Crippen molar-refractivity contribution in [2.24, 2.45) is 0 Å². The summed E-state index contributed by atoms with van der Waals surface area (Å²) in [6.07, 6.45) is 1.36. The van der Waals surface area contributed by atoms with Crippen molar-refractivity contribution in [1.82, 2.24) is 4.72 Å². The normalized spacial score (nSPS) is 14.4. The van der Waals surface area contributed by atoms with E-state index in [1.807, 2.05) is 6.92 Å². The molecule has 1 heterocycles. The lowest BCUT2D eigenvalue weighted by molar-refractivity contribution is -0.117. The number of sulfonamides is 1. The third kappa shape index (κ3) is 4.13. The van der Waals surface area contributed by atoms with Crippen LogP contribution in [0.5, 0.6) is 11.5 Å². The van der Waals surface area contributed by atoms with E-state index >= 15 is 0 Å². The Morgan fingerprint density at radius 1 is 1.11 bits per heavy atom. The highest BCUT2D eigenvalue weighted by Gasteiger charge is 2.24. The molecule has 150 valence electrons. The number of ether oxygens (including phenoxy) is 2. The number of aryl methyl sites for hydroxylation is 1. The predicted octanol–water partition coefficient (Wildman–Crippen LogP) is 2.62. The van der Waals surface area contributed by atoms with Crippen molar-refractivity contribution in [1.29, 1.82) is 0 Å². The largest absolute Gasteiger partial charge is 0.497 e. The van der Waals surface area contributed by atoms with Crippen LogP contribution >= 0.6 is 0 Å². The lowest BCUT2D eigenvalue weighted by Crippen LogP contribution is -2.26. The van der Waals surface area contributed by atoms with Crippen LogP contribution < -0.4 is 19.1 Å². The van der Waals surface area contributed by atoms with Gasteiger partial charge in [-0.1, -0.05) is 6.07 Å². The average Bonchev–Trinajstić information content (AvgIpc) is 3.11. The zero-order valence-electron chi connectivity index (χ0n) is 16.2. The molecule has 1 aliphatic heterocycles. The predicted molar refractivity (Wildman–Crippen MR) is 106 cm³/mol. The van der Waals surface area contributed by atoms with E-state index in [1.165, 1.54) is 13.2 Å². The van der Waals surface area contributed by atoms with Crippen molar-refractivity contribution in [3.05, 3.63) is 47.5 Å². The van der Waals surface area contributed by atoms with Gasteiger partial charge in [0.1, 0.15) is 11.5 Å². The van der Waals surface area contributed by atoms with Crippen LogP contribution in [-0.4, -0.2) is 35.1 Å². The van der Waals surface area contributed by atoms with Gasteiger partial charge in [-0.05, 0) is 43.2 Å². The van der Waals surface area contributed by atoms with Gasteiger partial charge in [-0.25, -0.2) is 13.1 Å². The molecule has 0 spiro atoms. The van der Waals surface area contributed by atoms with Gasteiger partial charge in [0.25, 0.3) is 0 Å². The molecule has 0 aliphatic carbocycles. The lowest BCUT2D eigenvalue weighted by atomic mass is 10.2. The third-order valence-corrected chi connectivity index (χ3v) is 6.19. The van der Waals surface area contributed by atoms with Gasteiger partial charge in [-0.2, -0.15) is 0 Å². The summed E-state index contributed by atoms with van der Waals surface area (Å²) in [7, 11) is -0.639. The number of carbonyl (C=O) groups is 1. The SMILES string of the molecule is COc1ccc(CNS(=O)(=O)c2ccc(N3CCCC3=O)c(C)c2)c(OC)c1. The van der Waals surface area contributed by atoms with Gasteiger partial charge in [0, 0.05) is 36.8 Å². The maximum absolute atomic E-state index is 12.7. The van der Waals surface area contributed by atoms with Gasteiger partial charge in [-0.3, -0.25) is 4.79 Å². The first-order valence-corrected chi connectivity index (χ1v) is 10.5. The number of methoxy groups -OCH3 is 2. The summed E-state index contributed by atoms with van der Waals surface area (Å²) in [6, 6.07) is 10.0. The number of nitrogens with zero attached hydrogens (tertiary/aromatic N) is 1. The maximum atomic E-state index is 12.7. The Morgan fingerprint density at radius 2 is 1.89 bits per heavy atom. The summed E-state index contributed by atoms with van der Waals surface area (Å²) in [5.41, 5.74) is 2.21. The monoisotopic (exact) mass is 404 g/mol. The molecule has 7 nitrogen and oxygen atoms in total. The van der Waals surface area contributed by atoms with Gasteiger partial charge >= 0.3 is 0 Å². The summed E-state index contributed by atoms with van der Waals surface area (Å²) in [5, 5.41) is 0. The van der Waals surface area contributed by atoms with E-state index in [1.54, 1.807) is 42.3 Å². The second kappa shape index (κ2) is 8.20. The molecule has 3 rings (SSSR count). The number of benzene rings is 2. The second-order valence-corrected chi connectivity index (χ2v) is 8.37. The molecule has 1 fully saturated rings. The summed E-state index contributed by atoms with van der Waals surface area (Å²) < 4.78 is 38.5. The van der Waals surface area contributed by atoms with Gasteiger partial charge in [0.2, 0.25) is 15.9 Å². The molecule has 1 aliphatic rings. The molecule has 28 heavy (non-hydrogen) atoms. The summed E-state index contributed by atoms with van der Waals surface area (Å²) in [6.45, 7) is 2.56. The number of anilines is 1. The molecule has 2 aromatic rings. The molecular weight excluding hydrogens is 380 g/mol. The maximum Gasteiger partial charge on any atom is 0.240 e. The Balaban J connectivity index is 1.78. The molecule has 0 unspecified atom stereocenters. The highest BCUT2D eigenvalue weighted by atomic mass is 32.2. The topological polar surface area (TPSA) is 84.9 Å². The van der Waals surface area contributed by atoms with E-state index in [-0.39, 0.29) is 17.3 Å². The number of hydrogen-bond donors (Lipinski definition) is 1. The Kier molecular flexibility index (Phi) is 5.90. The van der Waals surface area contributed by atoms with Crippen molar-refractivity contribution in [2.45, 2.75) is 31.2 Å². The van der Waals surface area contributed by atoms with Crippen molar-refractivity contribution < 1.29 is 22.7 Å². The van der Waals surface area contributed by atoms with Gasteiger partial charge in [0.15, 0.2) is 0 Å². The van der Waals surface area contributed by atoms with E-state index in [9.17, 15) is 13.2 Å². The molecule has 2 aromatic carbocycles. The molecule has 1 saturated heterocycles. The fraction of sp³-hybridized carbons (Fsp3) is 0.350. The highest BCUT2D eigenvalue weighted by molar-refractivity contribution is 7.89. The fourth-order valence-corrected chi connectivity index (χ4v) is 4.35. The molecule has 0 radical (unpaired) electrons. The minimum Gasteiger partial charge on any atom is -0.497 e. The molecule has 0 atom stereocenters. The first kappa shape index (κ1) is 20.2. The summed E-state index contributed by atoms with van der Waals surface area (Å²) in [5.74, 6) is 1.25. The summed E-state index contributed by atoms with van der Waals surface area (Å²) >= 11 is 0. The minimum absolute atomic E-state index is 0.0726. The molecule has 1 N–H and O–H groups in total. The second-order valence-electron chi connectivity index (χ2n) is 6.60. The van der Waals surface area contributed by atoms with Crippen molar-refractivity contribution in [3.63, 3.8) is 0 Å². The first-order valence-electron chi connectivity index (χ1n) is 8.97. The van der Waals surface area contributed by atoms with Crippen molar-refractivity contribution >= 4 is 21.6 Å². The fourth-order valence-electron chi connectivity index (χ4n) is 3.25. The van der Waals surface area contributed by atoms with E-state index in [2.05, 4.69) is 4.72 Å². The number of hydrogen-bond acceptors (Lipinski definition) is 5. The van der Waals surface area contributed by atoms with Crippen molar-refractivity contribution in [2.75, 3.05) is 25.7 Å². The van der Waals surface area contributed by atoms with E-state index in [4.69, 9.17) is 9.47 Å². The summed E-state index contributed by atoms with van der Waals surface area (Å²) in [4.78, 5) is 13.8. The van der Waals surface area contributed by atoms with Crippen LogP contribution in [-0.2, 0) is 21.4 Å². The van der Waals surface area contributed by atoms with Crippen LogP contribution in [0.15, 0.2) is 41.3 Å². The molecular formula is C20H24N2O5S. The molecule has 0 aromatic heterocycles. The van der Waals surface area contributed by atoms with Crippen LogP contribution in [0, 0.1) is 6.92 Å². The quantitative estimate of drug-likeness (QED) is 0.767. The number of rotatable bonds is 7. The molecule has 8 heteroatoms. The van der Waals surface area contributed by atoms with Crippen LogP contribution in [0.3, 0.4) is 0 Å². The zero-order chi connectivity index (χ0) is 20.3. The number of nitrogens with one attached hydrogen (secondary N) is 1.